The first kappa shape index (κ1) is 41.8. The Morgan fingerprint density at radius 2 is 1.75 bits per heavy atom. The molecule has 3 rings (SSSR count). The Labute approximate surface area is 299 Å². The zero-order chi connectivity index (χ0) is 38.6. The Morgan fingerprint density at radius 3 is 2.38 bits per heavy atom. The third-order valence-electron chi connectivity index (χ3n) is 7.34. The zero-order valence-corrected chi connectivity index (χ0v) is 29.6. The second kappa shape index (κ2) is 18.7. The van der Waals surface area contributed by atoms with Gasteiger partial charge in [-0.25, -0.2) is 4.79 Å². The average molecular weight is 758 g/mol. The van der Waals surface area contributed by atoms with E-state index >= 15 is 0 Å². The second-order valence-electron chi connectivity index (χ2n) is 12.8. The van der Waals surface area contributed by atoms with Crippen LogP contribution in [-0.4, -0.2) is 127 Å². The van der Waals surface area contributed by atoms with Gasteiger partial charge < -0.3 is 44.5 Å². The number of hydrogen-bond acceptors (Lipinski definition) is 14. The summed E-state index contributed by atoms with van der Waals surface area (Å²) >= 11 is 0. The van der Waals surface area contributed by atoms with Crippen LogP contribution in [0.4, 0.5) is 0 Å². The van der Waals surface area contributed by atoms with Crippen LogP contribution < -0.4 is 20.1 Å². The minimum atomic E-state index is -4.69. The van der Waals surface area contributed by atoms with Gasteiger partial charge in [0.1, 0.15) is 36.5 Å². The van der Waals surface area contributed by atoms with Gasteiger partial charge >= 0.3 is 11.9 Å². The second-order valence-corrected chi connectivity index (χ2v) is 14.3. The average Bonchev–Trinajstić information content (AvgIpc) is 3.36. The number of nitrogens with zero attached hydrogens (tertiary/aromatic N) is 1. The number of hydrogen-bond donors (Lipinski definition) is 5. The fourth-order valence-electron chi connectivity index (χ4n) is 4.66. The summed E-state index contributed by atoms with van der Waals surface area (Å²) in [5.74, 6) is -5.41. The first-order chi connectivity index (χ1) is 24.3. The lowest BCUT2D eigenvalue weighted by Crippen LogP contribution is -2.51. The van der Waals surface area contributed by atoms with Crippen LogP contribution in [0.1, 0.15) is 45.6 Å². The van der Waals surface area contributed by atoms with Gasteiger partial charge in [-0.2, -0.15) is 8.42 Å². The van der Waals surface area contributed by atoms with Gasteiger partial charge in [0.05, 0.1) is 24.7 Å². The van der Waals surface area contributed by atoms with Crippen LogP contribution in [0, 0.1) is 5.41 Å². The summed E-state index contributed by atoms with van der Waals surface area (Å²) in [6.45, 7) is 4.43. The molecule has 0 radical (unpaired) electrons. The molecular weight excluding hydrogens is 714 g/mol. The highest BCUT2D eigenvalue weighted by Gasteiger charge is 2.35. The minimum Gasteiger partial charge on any atom is -0.491 e. The van der Waals surface area contributed by atoms with Gasteiger partial charge in [-0.3, -0.25) is 33.4 Å². The Hall–Kier alpha value is -4.63. The molecule has 0 saturated carbocycles. The lowest BCUT2D eigenvalue weighted by Gasteiger charge is -2.31. The number of carbonyl (C=O) groups is 6. The van der Waals surface area contributed by atoms with Gasteiger partial charge in [0, 0.05) is 56.1 Å². The van der Waals surface area contributed by atoms with Gasteiger partial charge in [-0.15, -0.1) is 0 Å². The SMILES string of the molecule is CC(C)(C)C(=O)OCc1ccc(OCCOCCNC(=O)C(CS(=O)(=O)O)NC(=O)CCN2C(=O)C=CC2=O)cc1OC1CC(O)CC(C(=O)O)O1. The fraction of sp³-hybridized carbons (Fsp3) is 0.562. The molecule has 1 aromatic carbocycles. The predicted octanol–water partition coefficient (Wildman–Crippen LogP) is -0.695. The van der Waals surface area contributed by atoms with Crippen molar-refractivity contribution in [1.82, 2.24) is 15.5 Å². The van der Waals surface area contributed by atoms with Crippen molar-refractivity contribution in [2.45, 2.75) is 71.2 Å². The first-order valence-corrected chi connectivity index (χ1v) is 17.7. The molecule has 0 bridgehead atoms. The molecule has 19 nitrogen and oxygen atoms in total. The third kappa shape index (κ3) is 13.8. The van der Waals surface area contributed by atoms with Crippen LogP contribution in [0.25, 0.3) is 0 Å². The molecule has 0 spiro atoms. The van der Waals surface area contributed by atoms with E-state index in [0.717, 1.165) is 17.1 Å². The number of nitrogens with one attached hydrogen (secondary N) is 2. The number of carboxylic acids is 1. The normalized spacial score (nSPS) is 19.6. The van der Waals surface area contributed by atoms with E-state index in [1.54, 1.807) is 32.9 Å². The van der Waals surface area contributed by atoms with Crippen LogP contribution in [0.2, 0.25) is 0 Å². The quantitative estimate of drug-likeness (QED) is 0.0505. The van der Waals surface area contributed by atoms with E-state index in [0.29, 0.717) is 11.3 Å². The first-order valence-electron chi connectivity index (χ1n) is 16.1. The van der Waals surface area contributed by atoms with Crippen LogP contribution >= 0.6 is 0 Å². The molecule has 288 valence electrons. The Kier molecular flexibility index (Phi) is 15.1. The van der Waals surface area contributed by atoms with Crippen molar-refractivity contribution in [2.75, 3.05) is 38.7 Å². The number of ether oxygens (including phenoxy) is 5. The van der Waals surface area contributed by atoms with Gasteiger partial charge in [-0.05, 0) is 32.9 Å². The van der Waals surface area contributed by atoms with E-state index in [1.165, 1.54) is 6.07 Å². The number of benzene rings is 1. The monoisotopic (exact) mass is 757 g/mol. The number of carboxylic acid groups (broad SMARTS) is 1. The van der Waals surface area contributed by atoms with E-state index in [9.17, 15) is 52.0 Å². The van der Waals surface area contributed by atoms with Gasteiger partial charge in [0.15, 0.2) is 6.10 Å². The summed E-state index contributed by atoms with van der Waals surface area (Å²) in [7, 11) is -4.69. The summed E-state index contributed by atoms with van der Waals surface area (Å²) in [4.78, 5) is 72.8. The number of carbonyl (C=O) groups excluding carboxylic acids is 5. The predicted molar refractivity (Wildman–Crippen MR) is 176 cm³/mol. The molecule has 4 atom stereocenters. The van der Waals surface area contributed by atoms with E-state index in [1.807, 2.05) is 0 Å². The topological polar surface area (TPSA) is 271 Å². The molecule has 4 amide bonds. The summed E-state index contributed by atoms with van der Waals surface area (Å²) in [5.41, 5.74) is -0.348. The van der Waals surface area contributed by atoms with Gasteiger partial charge in [0.25, 0.3) is 21.9 Å². The van der Waals surface area contributed by atoms with Crippen LogP contribution in [0.15, 0.2) is 30.4 Å². The van der Waals surface area contributed by atoms with Crippen LogP contribution in [-0.2, 0) is 59.7 Å². The summed E-state index contributed by atoms with van der Waals surface area (Å²) in [6, 6.07) is 2.95. The molecule has 5 N–H and O–H groups in total. The Bertz CT molecular complexity index is 1610. The minimum absolute atomic E-state index is 0.00442. The number of aliphatic hydroxyl groups excluding tert-OH is 1. The Balaban J connectivity index is 1.49. The van der Waals surface area contributed by atoms with Crippen molar-refractivity contribution in [1.29, 1.82) is 0 Å². The molecule has 4 unspecified atom stereocenters. The van der Waals surface area contributed by atoms with Crippen molar-refractivity contribution < 1.29 is 75.6 Å². The highest BCUT2D eigenvalue weighted by atomic mass is 32.2. The van der Waals surface area contributed by atoms with E-state index in [-0.39, 0.29) is 58.1 Å². The molecule has 2 aliphatic rings. The van der Waals surface area contributed by atoms with Crippen molar-refractivity contribution >= 4 is 45.7 Å². The highest BCUT2D eigenvalue weighted by molar-refractivity contribution is 7.85. The molecule has 2 aliphatic heterocycles. The third-order valence-corrected chi connectivity index (χ3v) is 8.10. The molecule has 1 saturated heterocycles. The van der Waals surface area contributed by atoms with Gasteiger partial charge in [0.2, 0.25) is 18.1 Å². The molecule has 1 aromatic rings. The highest BCUT2D eigenvalue weighted by Crippen LogP contribution is 2.30. The molecular formula is C32H43N3O16S. The molecule has 20 heteroatoms. The fourth-order valence-corrected chi connectivity index (χ4v) is 5.32. The van der Waals surface area contributed by atoms with Crippen LogP contribution in [0.3, 0.4) is 0 Å². The summed E-state index contributed by atoms with van der Waals surface area (Å²) in [6.07, 6.45) is -1.86. The lowest BCUT2D eigenvalue weighted by atomic mass is 9.97. The Morgan fingerprint density at radius 1 is 1.06 bits per heavy atom. The lowest BCUT2D eigenvalue weighted by molar-refractivity contribution is -0.195. The molecule has 0 aromatic heterocycles. The van der Waals surface area contributed by atoms with E-state index in [2.05, 4.69) is 10.6 Å². The molecule has 52 heavy (non-hydrogen) atoms. The number of imide groups is 1. The standard InChI is InChI=1S/C32H43N3O16S/c1-32(2,3)31(43)49-17-19-4-5-21(16-23(19)50-28-15-20(36)14-24(51-28)30(41)42)48-13-12-47-11-9-33-29(40)22(18-52(44,45)46)34-25(37)8-10-35-26(38)6-7-27(35)39/h4-7,16,20,22,24,28,36H,8-15,17-18H2,1-3H3,(H,33,40)(H,34,37)(H,41,42)(H,44,45,46). The molecule has 1 fully saturated rings. The maximum Gasteiger partial charge on any atom is 0.333 e. The van der Waals surface area contributed by atoms with Crippen molar-refractivity contribution in [3.63, 3.8) is 0 Å². The summed E-state index contributed by atoms with van der Waals surface area (Å²) < 4.78 is 60.1. The molecule has 0 aliphatic carbocycles. The van der Waals surface area contributed by atoms with E-state index in [4.69, 9.17) is 23.7 Å². The number of rotatable bonds is 19. The van der Waals surface area contributed by atoms with Gasteiger partial charge in [-0.1, -0.05) is 0 Å². The maximum absolute atomic E-state index is 12.6. The largest absolute Gasteiger partial charge is 0.491 e. The van der Waals surface area contributed by atoms with Crippen LogP contribution in [0.5, 0.6) is 11.5 Å². The number of aliphatic hydroxyl groups is 1. The number of esters is 1. The van der Waals surface area contributed by atoms with Crippen molar-refractivity contribution in [3.8, 4) is 11.5 Å². The van der Waals surface area contributed by atoms with Crippen molar-refractivity contribution in [3.05, 3.63) is 35.9 Å². The smallest absolute Gasteiger partial charge is 0.333 e. The van der Waals surface area contributed by atoms with E-state index < -0.39 is 87.8 Å². The van der Waals surface area contributed by atoms with Crippen molar-refractivity contribution in [2.24, 2.45) is 5.41 Å². The summed E-state index contributed by atoms with van der Waals surface area (Å²) in [5, 5.41) is 24.1. The maximum atomic E-state index is 12.6. The number of amides is 4. The zero-order valence-electron chi connectivity index (χ0n) is 28.8. The molecule has 2 heterocycles. The number of aliphatic carboxylic acids is 1.